The number of hydrogen-bond acceptors (Lipinski definition) is 2. The van der Waals surface area contributed by atoms with Crippen molar-refractivity contribution in [1.29, 1.82) is 0 Å². The highest BCUT2D eigenvalue weighted by Gasteiger charge is 2.19. The number of hydrogen-bond donors (Lipinski definition) is 2. The molecule has 2 aromatic rings. The van der Waals surface area contributed by atoms with Crippen LogP contribution in [-0.2, 0) is 4.79 Å². The maximum absolute atomic E-state index is 12.1. The van der Waals surface area contributed by atoms with E-state index < -0.39 is 6.04 Å². The third-order valence-corrected chi connectivity index (χ3v) is 3.34. The lowest BCUT2D eigenvalue weighted by atomic mass is 10.2. The SMILES string of the molecule is CCN(C)C(=O)C(C)NC(=O)c1cc2ccccc2[nH]1. The second-order valence-corrected chi connectivity index (χ2v) is 4.82. The van der Waals surface area contributed by atoms with Crippen LogP contribution in [0.15, 0.2) is 30.3 Å². The molecule has 0 saturated heterocycles. The number of carbonyl (C=O) groups excluding carboxylic acids is 2. The lowest BCUT2D eigenvalue weighted by Gasteiger charge is -2.20. The summed E-state index contributed by atoms with van der Waals surface area (Å²) in [5, 5.41) is 3.69. The van der Waals surface area contributed by atoms with Crippen LogP contribution in [0, 0.1) is 0 Å². The molecule has 20 heavy (non-hydrogen) atoms. The monoisotopic (exact) mass is 273 g/mol. The fourth-order valence-electron chi connectivity index (χ4n) is 2.02. The van der Waals surface area contributed by atoms with Gasteiger partial charge in [0.05, 0.1) is 0 Å². The third kappa shape index (κ3) is 2.82. The van der Waals surface area contributed by atoms with Crippen molar-refractivity contribution in [3.05, 3.63) is 36.0 Å². The number of amides is 2. The van der Waals surface area contributed by atoms with Crippen LogP contribution in [0.5, 0.6) is 0 Å². The van der Waals surface area contributed by atoms with Gasteiger partial charge in [0.2, 0.25) is 5.91 Å². The van der Waals surface area contributed by atoms with Gasteiger partial charge in [-0.2, -0.15) is 0 Å². The quantitative estimate of drug-likeness (QED) is 0.891. The van der Waals surface area contributed by atoms with E-state index in [-0.39, 0.29) is 11.8 Å². The van der Waals surface area contributed by atoms with E-state index in [1.54, 1.807) is 24.9 Å². The number of para-hydroxylation sites is 1. The Kier molecular flexibility index (Phi) is 4.08. The first kappa shape index (κ1) is 14.1. The number of carbonyl (C=O) groups is 2. The Morgan fingerprint density at radius 1 is 1.35 bits per heavy atom. The summed E-state index contributed by atoms with van der Waals surface area (Å²) in [6, 6.07) is 8.90. The zero-order valence-corrected chi connectivity index (χ0v) is 11.9. The van der Waals surface area contributed by atoms with Crippen LogP contribution in [0.3, 0.4) is 0 Å². The molecule has 2 rings (SSSR count). The molecule has 1 heterocycles. The molecule has 0 radical (unpaired) electrons. The number of nitrogens with zero attached hydrogens (tertiary/aromatic N) is 1. The topological polar surface area (TPSA) is 65.2 Å². The van der Waals surface area contributed by atoms with Crippen molar-refractivity contribution in [1.82, 2.24) is 15.2 Å². The molecule has 0 aliphatic carbocycles. The molecule has 1 aromatic heterocycles. The van der Waals surface area contributed by atoms with Crippen molar-refractivity contribution in [2.75, 3.05) is 13.6 Å². The second-order valence-electron chi connectivity index (χ2n) is 4.82. The molecule has 5 nitrogen and oxygen atoms in total. The summed E-state index contributed by atoms with van der Waals surface area (Å²) in [4.78, 5) is 28.7. The van der Waals surface area contributed by atoms with Gasteiger partial charge in [0.25, 0.3) is 5.91 Å². The van der Waals surface area contributed by atoms with Gasteiger partial charge in [0, 0.05) is 24.5 Å². The van der Waals surface area contributed by atoms with E-state index in [4.69, 9.17) is 0 Å². The van der Waals surface area contributed by atoms with Gasteiger partial charge in [-0.1, -0.05) is 18.2 Å². The summed E-state index contributed by atoms with van der Waals surface area (Å²) >= 11 is 0. The predicted octanol–water partition coefficient (Wildman–Crippen LogP) is 1.76. The molecule has 2 N–H and O–H groups in total. The third-order valence-electron chi connectivity index (χ3n) is 3.34. The molecule has 106 valence electrons. The van der Waals surface area contributed by atoms with Crippen LogP contribution in [-0.4, -0.2) is 41.3 Å². The molecule has 0 saturated carbocycles. The smallest absolute Gasteiger partial charge is 0.268 e. The molecule has 0 aliphatic rings. The van der Waals surface area contributed by atoms with Crippen molar-refractivity contribution < 1.29 is 9.59 Å². The maximum atomic E-state index is 12.1. The molecule has 0 bridgehead atoms. The van der Waals surface area contributed by atoms with Gasteiger partial charge in [-0.05, 0) is 26.0 Å². The summed E-state index contributed by atoms with van der Waals surface area (Å²) < 4.78 is 0. The number of rotatable bonds is 4. The highest BCUT2D eigenvalue weighted by atomic mass is 16.2. The van der Waals surface area contributed by atoms with Crippen LogP contribution in [0.4, 0.5) is 0 Å². The summed E-state index contributed by atoms with van der Waals surface area (Å²) in [6.07, 6.45) is 0. The fraction of sp³-hybridized carbons (Fsp3) is 0.333. The molecule has 5 heteroatoms. The van der Waals surface area contributed by atoms with E-state index in [1.807, 2.05) is 31.2 Å². The number of aromatic nitrogens is 1. The highest BCUT2D eigenvalue weighted by molar-refractivity contribution is 6.00. The minimum absolute atomic E-state index is 0.100. The van der Waals surface area contributed by atoms with E-state index in [2.05, 4.69) is 10.3 Å². The summed E-state index contributed by atoms with van der Waals surface area (Å²) in [7, 11) is 1.72. The number of fused-ring (bicyclic) bond motifs is 1. The summed E-state index contributed by atoms with van der Waals surface area (Å²) in [5.74, 6) is -0.372. The predicted molar refractivity (Wildman–Crippen MR) is 78.5 cm³/mol. The zero-order valence-electron chi connectivity index (χ0n) is 11.9. The minimum atomic E-state index is -0.543. The van der Waals surface area contributed by atoms with Crippen molar-refractivity contribution in [2.45, 2.75) is 19.9 Å². The normalized spacial score (nSPS) is 12.2. The van der Waals surface area contributed by atoms with Crippen LogP contribution in [0.2, 0.25) is 0 Å². The van der Waals surface area contributed by atoms with E-state index >= 15 is 0 Å². The fourth-order valence-corrected chi connectivity index (χ4v) is 2.02. The molecular formula is C15H19N3O2. The van der Waals surface area contributed by atoms with Crippen LogP contribution in [0.25, 0.3) is 10.9 Å². The molecule has 0 spiro atoms. The van der Waals surface area contributed by atoms with E-state index in [0.717, 1.165) is 10.9 Å². The Labute approximate surface area is 118 Å². The van der Waals surface area contributed by atoms with Crippen LogP contribution in [0.1, 0.15) is 24.3 Å². The number of H-pyrrole nitrogens is 1. The summed E-state index contributed by atoms with van der Waals surface area (Å²) in [6.45, 7) is 4.20. The maximum Gasteiger partial charge on any atom is 0.268 e. The van der Waals surface area contributed by atoms with Crippen molar-refractivity contribution >= 4 is 22.7 Å². The number of likely N-dealkylation sites (N-methyl/N-ethyl adjacent to an activating group) is 1. The van der Waals surface area contributed by atoms with Gasteiger partial charge in [-0.25, -0.2) is 0 Å². The first-order valence-electron chi connectivity index (χ1n) is 6.66. The molecule has 1 aromatic carbocycles. The average molecular weight is 273 g/mol. The number of benzene rings is 1. The first-order chi connectivity index (χ1) is 9.52. The second kappa shape index (κ2) is 5.77. The van der Waals surface area contributed by atoms with E-state index in [9.17, 15) is 9.59 Å². The molecule has 2 amide bonds. The molecular weight excluding hydrogens is 254 g/mol. The lowest BCUT2D eigenvalue weighted by molar-refractivity contribution is -0.131. The van der Waals surface area contributed by atoms with Crippen molar-refractivity contribution in [3.8, 4) is 0 Å². The Bertz CT molecular complexity index is 600. The number of nitrogens with one attached hydrogen (secondary N) is 2. The first-order valence-corrected chi connectivity index (χ1v) is 6.66. The van der Waals surface area contributed by atoms with Crippen molar-refractivity contribution in [2.24, 2.45) is 0 Å². The molecule has 0 aliphatic heterocycles. The van der Waals surface area contributed by atoms with Crippen molar-refractivity contribution in [3.63, 3.8) is 0 Å². The van der Waals surface area contributed by atoms with Crippen LogP contribution >= 0.6 is 0 Å². The largest absolute Gasteiger partial charge is 0.351 e. The van der Waals surface area contributed by atoms with Crippen LogP contribution < -0.4 is 5.32 Å². The molecule has 1 atom stereocenters. The lowest BCUT2D eigenvalue weighted by Crippen LogP contribution is -2.45. The highest BCUT2D eigenvalue weighted by Crippen LogP contribution is 2.14. The van der Waals surface area contributed by atoms with Gasteiger partial charge in [-0.15, -0.1) is 0 Å². The van der Waals surface area contributed by atoms with Gasteiger partial charge >= 0.3 is 0 Å². The molecule has 0 fully saturated rings. The Morgan fingerprint density at radius 3 is 2.70 bits per heavy atom. The van der Waals surface area contributed by atoms with Gasteiger partial charge in [0.15, 0.2) is 0 Å². The molecule has 1 unspecified atom stereocenters. The van der Waals surface area contributed by atoms with Gasteiger partial charge in [0.1, 0.15) is 11.7 Å². The summed E-state index contributed by atoms with van der Waals surface area (Å²) in [5.41, 5.74) is 1.37. The van der Waals surface area contributed by atoms with E-state index in [1.165, 1.54) is 0 Å². The van der Waals surface area contributed by atoms with Gasteiger partial charge < -0.3 is 15.2 Å². The minimum Gasteiger partial charge on any atom is -0.351 e. The van der Waals surface area contributed by atoms with E-state index in [0.29, 0.717) is 12.2 Å². The standard InChI is InChI=1S/C15H19N3O2/c1-4-18(3)15(20)10(2)16-14(19)13-9-11-7-5-6-8-12(11)17-13/h5-10,17H,4H2,1-3H3,(H,16,19). The van der Waals surface area contributed by atoms with Gasteiger partial charge in [-0.3, -0.25) is 9.59 Å². The number of aromatic amines is 1. The zero-order chi connectivity index (χ0) is 14.7. The average Bonchev–Trinajstić information content (AvgIpc) is 2.89. The Hall–Kier alpha value is -2.30. The Balaban J connectivity index is 2.10. The Morgan fingerprint density at radius 2 is 2.05 bits per heavy atom.